The van der Waals surface area contributed by atoms with Crippen LogP contribution in [0.1, 0.15) is 46.0 Å². The summed E-state index contributed by atoms with van der Waals surface area (Å²) in [7, 11) is 0. The van der Waals surface area contributed by atoms with E-state index in [-0.39, 0.29) is 0 Å². The Labute approximate surface area is 134 Å². The van der Waals surface area contributed by atoms with Crippen LogP contribution in [0, 0.1) is 0 Å². The number of carbonyl (C=O) groups is 3. The van der Waals surface area contributed by atoms with Crippen molar-refractivity contribution in [2.75, 3.05) is 0 Å². The smallest absolute Gasteiger partial charge is 0.346 e. The van der Waals surface area contributed by atoms with Crippen LogP contribution in [0.15, 0.2) is 45.8 Å². The highest BCUT2D eigenvalue weighted by molar-refractivity contribution is 6.15. The molecule has 0 spiro atoms. The Morgan fingerprint density at radius 1 is 0.957 bits per heavy atom. The number of rotatable bonds is 4. The molecule has 0 bridgehead atoms. The van der Waals surface area contributed by atoms with Crippen molar-refractivity contribution in [2.24, 2.45) is 0 Å². The van der Waals surface area contributed by atoms with Crippen LogP contribution in [0.4, 0.5) is 0 Å². The third kappa shape index (κ3) is 2.46. The van der Waals surface area contributed by atoms with Crippen LogP contribution in [0.5, 0.6) is 0 Å². The van der Waals surface area contributed by atoms with Crippen molar-refractivity contribution in [3.05, 3.63) is 45.8 Å². The molecule has 3 aliphatic rings. The molecule has 5 nitrogen and oxygen atoms in total. The van der Waals surface area contributed by atoms with E-state index in [1.165, 1.54) is 0 Å². The molecular formula is C18H18O5. The van der Waals surface area contributed by atoms with Gasteiger partial charge in [0.05, 0.1) is 16.7 Å². The van der Waals surface area contributed by atoms with Gasteiger partial charge < -0.3 is 9.47 Å². The fourth-order valence-electron chi connectivity index (χ4n) is 3.16. The van der Waals surface area contributed by atoms with Crippen LogP contribution in [0.25, 0.3) is 0 Å². The first-order chi connectivity index (χ1) is 11.1. The summed E-state index contributed by atoms with van der Waals surface area (Å²) in [6.07, 6.45) is 6.66. The molecule has 0 unspecified atom stereocenters. The highest BCUT2D eigenvalue weighted by Crippen LogP contribution is 2.43. The Kier molecular flexibility index (Phi) is 4.03. The first-order valence-electron chi connectivity index (χ1n) is 7.93. The van der Waals surface area contributed by atoms with Gasteiger partial charge in [0.2, 0.25) is 0 Å². The van der Waals surface area contributed by atoms with Gasteiger partial charge in [-0.3, -0.25) is 0 Å². The summed E-state index contributed by atoms with van der Waals surface area (Å²) in [5, 5.41) is 0. The fourth-order valence-corrected chi connectivity index (χ4v) is 3.16. The SMILES string of the molecule is CCC=CC1=C2CCC3=C(C(=O)OC3=O)C(CCC)=C2OC1=O. The molecule has 2 aliphatic heterocycles. The molecule has 0 amide bonds. The monoisotopic (exact) mass is 314 g/mol. The molecular weight excluding hydrogens is 296 g/mol. The van der Waals surface area contributed by atoms with Crippen LogP contribution in [0.2, 0.25) is 0 Å². The Morgan fingerprint density at radius 2 is 1.70 bits per heavy atom. The lowest BCUT2D eigenvalue weighted by Gasteiger charge is -2.09. The predicted octanol–water partition coefficient (Wildman–Crippen LogP) is 3.03. The van der Waals surface area contributed by atoms with Gasteiger partial charge in [0.25, 0.3) is 0 Å². The van der Waals surface area contributed by atoms with Crippen LogP contribution in [-0.2, 0) is 23.9 Å². The van der Waals surface area contributed by atoms with E-state index in [2.05, 4.69) is 0 Å². The van der Waals surface area contributed by atoms with Gasteiger partial charge in [-0.1, -0.05) is 32.4 Å². The number of carbonyl (C=O) groups excluding carboxylic acids is 3. The van der Waals surface area contributed by atoms with E-state index in [0.717, 1.165) is 18.4 Å². The Balaban J connectivity index is 2.18. The minimum absolute atomic E-state index is 0.301. The van der Waals surface area contributed by atoms with E-state index >= 15 is 0 Å². The van der Waals surface area contributed by atoms with Crippen LogP contribution in [0.3, 0.4) is 0 Å². The molecule has 120 valence electrons. The quantitative estimate of drug-likeness (QED) is 0.589. The first kappa shape index (κ1) is 15.5. The Bertz CT molecular complexity index is 731. The van der Waals surface area contributed by atoms with Crippen molar-refractivity contribution in [2.45, 2.75) is 46.0 Å². The maximum atomic E-state index is 12.2. The van der Waals surface area contributed by atoms with Gasteiger partial charge in [0.1, 0.15) is 5.76 Å². The van der Waals surface area contributed by atoms with Crippen molar-refractivity contribution >= 4 is 17.9 Å². The normalized spacial score (nSPS) is 21.0. The van der Waals surface area contributed by atoms with Gasteiger partial charge in [0.15, 0.2) is 0 Å². The lowest BCUT2D eigenvalue weighted by atomic mass is 9.96. The van der Waals surface area contributed by atoms with Crippen molar-refractivity contribution in [1.82, 2.24) is 0 Å². The minimum atomic E-state index is -0.629. The molecule has 0 aromatic rings. The maximum Gasteiger partial charge on any atom is 0.346 e. The standard InChI is InChI=1S/C18H18O5/c1-3-5-7-11-10-8-9-13-14(18(21)23-17(13)20)12(6-4-2)15(10)22-16(11)19/h5,7H,3-4,6,8-9H2,1-2H3. The van der Waals surface area contributed by atoms with Crippen LogP contribution in [-0.4, -0.2) is 17.9 Å². The van der Waals surface area contributed by atoms with Crippen LogP contribution < -0.4 is 0 Å². The molecule has 0 fully saturated rings. The maximum absolute atomic E-state index is 12.2. The molecule has 1 aliphatic carbocycles. The topological polar surface area (TPSA) is 69.7 Å². The third-order valence-electron chi connectivity index (χ3n) is 4.17. The second kappa shape index (κ2) is 5.99. The summed E-state index contributed by atoms with van der Waals surface area (Å²) < 4.78 is 10.2. The van der Waals surface area contributed by atoms with Crippen molar-refractivity contribution in [1.29, 1.82) is 0 Å². The zero-order valence-electron chi connectivity index (χ0n) is 13.2. The molecule has 0 atom stereocenters. The van der Waals surface area contributed by atoms with E-state index in [0.29, 0.717) is 47.3 Å². The van der Waals surface area contributed by atoms with E-state index < -0.39 is 17.9 Å². The number of allylic oxidation sites excluding steroid dienone is 2. The summed E-state index contributed by atoms with van der Waals surface area (Å²) in [5.41, 5.74) is 2.65. The number of cyclic esters (lactones) is 2. The molecule has 3 rings (SSSR count). The predicted molar refractivity (Wildman–Crippen MR) is 81.8 cm³/mol. The largest absolute Gasteiger partial charge is 0.422 e. The Hall–Kier alpha value is -2.43. The van der Waals surface area contributed by atoms with E-state index in [4.69, 9.17) is 9.47 Å². The molecule has 23 heavy (non-hydrogen) atoms. The average molecular weight is 314 g/mol. The molecule has 0 saturated carbocycles. The lowest BCUT2D eigenvalue weighted by Crippen LogP contribution is -2.07. The van der Waals surface area contributed by atoms with Crippen molar-refractivity contribution < 1.29 is 23.9 Å². The van der Waals surface area contributed by atoms with Gasteiger partial charge in [0, 0.05) is 11.1 Å². The summed E-state index contributed by atoms with van der Waals surface area (Å²) in [4.78, 5) is 36.2. The van der Waals surface area contributed by atoms with Crippen molar-refractivity contribution in [3.8, 4) is 0 Å². The van der Waals surface area contributed by atoms with Gasteiger partial charge in [-0.2, -0.15) is 0 Å². The average Bonchev–Trinajstić information content (AvgIpc) is 2.91. The summed E-state index contributed by atoms with van der Waals surface area (Å²) >= 11 is 0. The van der Waals surface area contributed by atoms with E-state index in [9.17, 15) is 14.4 Å². The number of ether oxygens (including phenoxy) is 2. The number of hydrogen-bond acceptors (Lipinski definition) is 5. The number of fused-ring (bicyclic) bond motifs is 1. The van der Waals surface area contributed by atoms with Crippen molar-refractivity contribution in [3.63, 3.8) is 0 Å². The second-order valence-electron chi connectivity index (χ2n) is 5.68. The molecule has 0 saturated heterocycles. The second-order valence-corrected chi connectivity index (χ2v) is 5.68. The zero-order valence-corrected chi connectivity index (χ0v) is 13.2. The summed E-state index contributed by atoms with van der Waals surface area (Å²) in [6.45, 7) is 3.96. The molecule has 2 heterocycles. The molecule has 0 aromatic carbocycles. The zero-order chi connectivity index (χ0) is 16.6. The molecule has 5 heteroatoms. The first-order valence-corrected chi connectivity index (χ1v) is 7.93. The van der Waals surface area contributed by atoms with Gasteiger partial charge in [-0.05, 0) is 25.7 Å². The number of hydrogen-bond donors (Lipinski definition) is 0. The molecule has 0 N–H and O–H groups in total. The van der Waals surface area contributed by atoms with Gasteiger partial charge >= 0.3 is 17.9 Å². The number of esters is 3. The van der Waals surface area contributed by atoms with Gasteiger partial charge in [-0.15, -0.1) is 0 Å². The van der Waals surface area contributed by atoms with Gasteiger partial charge in [-0.25, -0.2) is 14.4 Å². The van der Waals surface area contributed by atoms with E-state index in [1.807, 2.05) is 19.9 Å². The summed E-state index contributed by atoms with van der Waals surface area (Å²) in [6, 6.07) is 0. The lowest BCUT2D eigenvalue weighted by molar-refractivity contribution is -0.151. The highest BCUT2D eigenvalue weighted by Gasteiger charge is 2.41. The molecule has 0 aromatic heterocycles. The molecule has 0 radical (unpaired) electrons. The van der Waals surface area contributed by atoms with E-state index in [1.54, 1.807) is 6.08 Å². The fraction of sp³-hybridized carbons (Fsp3) is 0.389. The Morgan fingerprint density at radius 3 is 2.39 bits per heavy atom. The van der Waals surface area contributed by atoms with Crippen LogP contribution >= 0.6 is 0 Å². The third-order valence-corrected chi connectivity index (χ3v) is 4.17. The highest BCUT2D eigenvalue weighted by atomic mass is 16.6. The minimum Gasteiger partial charge on any atom is -0.422 e. The summed E-state index contributed by atoms with van der Waals surface area (Å²) in [5.74, 6) is -1.15.